The fourth-order valence-electron chi connectivity index (χ4n) is 0.676. The van der Waals surface area contributed by atoms with Crippen molar-refractivity contribution in [2.75, 3.05) is 0 Å². The van der Waals surface area contributed by atoms with Crippen molar-refractivity contribution in [1.82, 2.24) is 0 Å². The van der Waals surface area contributed by atoms with Crippen LogP contribution in [0.1, 0.15) is 26.2 Å². The standard InChI is InChI=1S/C5H11.CH3.Al.BrH/c1-3-5-4-2;;;/h1,3-5H2,2H3;1H3;;1H/q;;+1;/p-1. The van der Waals surface area contributed by atoms with Crippen molar-refractivity contribution >= 4 is 26.4 Å². The van der Waals surface area contributed by atoms with Gasteiger partial charge in [-0.25, -0.2) is 14.1 Å². The molecule has 0 aliphatic carbocycles. The monoisotopic (exact) mass is 192 g/mol. The molecule has 0 atom stereocenters. The zero-order chi connectivity index (χ0) is 6.41. The van der Waals surface area contributed by atoms with Gasteiger partial charge < -0.3 is 0 Å². The fraction of sp³-hybridized carbons (Fsp3) is 1.00. The Hall–Kier alpha value is 1.01. The number of halogens is 1. The van der Waals surface area contributed by atoms with E-state index in [4.69, 9.17) is 0 Å². The smallest absolute Gasteiger partial charge is 0.217 e. The molecule has 0 spiro atoms. The number of hydrogen-bond donors (Lipinski definition) is 0. The molecular formula is C6H14AlBr. The lowest BCUT2D eigenvalue weighted by atomic mass is 10.3. The molecule has 0 fully saturated rings. The van der Waals surface area contributed by atoms with Gasteiger partial charge in [0.1, 0.15) is 0 Å². The van der Waals surface area contributed by atoms with E-state index in [-0.39, 0.29) is 12.3 Å². The van der Waals surface area contributed by atoms with E-state index in [9.17, 15) is 0 Å². The van der Waals surface area contributed by atoms with Crippen LogP contribution in [0.2, 0.25) is 11.1 Å². The Labute approximate surface area is 63.7 Å². The van der Waals surface area contributed by atoms with E-state index in [1.807, 2.05) is 0 Å². The topological polar surface area (TPSA) is 0 Å². The third kappa shape index (κ3) is 7.01. The molecule has 0 aromatic rings. The predicted molar refractivity (Wildman–Crippen MR) is 44.9 cm³/mol. The minimum Gasteiger partial charge on any atom is -0.217 e. The van der Waals surface area contributed by atoms with Crippen molar-refractivity contribution in [2.24, 2.45) is 0 Å². The van der Waals surface area contributed by atoms with Crippen LogP contribution in [-0.2, 0) is 0 Å². The van der Waals surface area contributed by atoms with Crippen LogP contribution >= 0.6 is 14.1 Å². The van der Waals surface area contributed by atoms with Crippen LogP contribution in [0.3, 0.4) is 0 Å². The first-order valence-corrected chi connectivity index (χ1v) is 8.57. The summed E-state index contributed by atoms with van der Waals surface area (Å²) >= 11 is 3.25. The maximum absolute atomic E-state index is 3.64. The van der Waals surface area contributed by atoms with Crippen LogP contribution in [0.15, 0.2) is 0 Å². The lowest BCUT2D eigenvalue weighted by Gasteiger charge is -1.94. The Kier molecular flexibility index (Phi) is 6.91. The van der Waals surface area contributed by atoms with Crippen molar-refractivity contribution in [3.8, 4) is 0 Å². The molecule has 0 unspecified atom stereocenters. The summed E-state index contributed by atoms with van der Waals surface area (Å²) in [7, 11) is 0. The van der Waals surface area contributed by atoms with Crippen molar-refractivity contribution in [2.45, 2.75) is 37.3 Å². The van der Waals surface area contributed by atoms with E-state index in [0.717, 1.165) is 0 Å². The SMILES string of the molecule is CCCC[CH2][Al]([CH3])[Br]. The molecule has 0 aromatic carbocycles. The first kappa shape index (κ1) is 9.01. The second kappa shape index (κ2) is 6.14. The highest BCUT2D eigenvalue weighted by Gasteiger charge is 2.02. The van der Waals surface area contributed by atoms with Gasteiger partial charge >= 0.3 is 12.3 Å². The van der Waals surface area contributed by atoms with E-state index in [1.54, 1.807) is 0 Å². The largest absolute Gasteiger partial charge is 0.362 e. The second-order valence-corrected chi connectivity index (χ2v) is 9.10. The molecule has 0 radical (unpaired) electrons. The maximum atomic E-state index is 3.64. The molecule has 48 valence electrons. The number of hydrogen-bond acceptors (Lipinski definition) is 0. The van der Waals surface area contributed by atoms with Gasteiger partial charge in [-0.3, -0.25) is 0 Å². The summed E-state index contributed by atoms with van der Waals surface area (Å²) in [5.41, 5.74) is 0. The molecular weight excluding hydrogens is 179 g/mol. The Morgan fingerprint density at radius 1 is 1.38 bits per heavy atom. The first-order valence-electron chi connectivity index (χ1n) is 3.41. The second-order valence-electron chi connectivity index (χ2n) is 2.28. The highest BCUT2D eigenvalue weighted by Crippen LogP contribution is 2.07. The van der Waals surface area contributed by atoms with Crippen LogP contribution in [0.4, 0.5) is 0 Å². The number of rotatable bonds is 4. The highest BCUT2D eigenvalue weighted by molar-refractivity contribution is 9.24. The van der Waals surface area contributed by atoms with E-state index in [2.05, 4.69) is 26.8 Å². The third-order valence-corrected chi connectivity index (χ3v) is 3.78. The maximum Gasteiger partial charge on any atom is 0.362 e. The Morgan fingerprint density at radius 3 is 2.38 bits per heavy atom. The van der Waals surface area contributed by atoms with Crippen LogP contribution < -0.4 is 0 Å². The van der Waals surface area contributed by atoms with Gasteiger partial charge in [0.25, 0.3) is 0 Å². The minimum absolute atomic E-state index is 0.390. The summed E-state index contributed by atoms with van der Waals surface area (Å²) in [5, 5.41) is 1.47. The molecule has 0 bridgehead atoms. The molecule has 0 nitrogen and oxygen atoms in total. The molecule has 0 aliphatic heterocycles. The van der Waals surface area contributed by atoms with Crippen LogP contribution in [0, 0.1) is 0 Å². The van der Waals surface area contributed by atoms with Crippen molar-refractivity contribution in [1.29, 1.82) is 0 Å². The molecule has 8 heavy (non-hydrogen) atoms. The zero-order valence-corrected chi connectivity index (χ0v) is 8.52. The van der Waals surface area contributed by atoms with Gasteiger partial charge in [0.15, 0.2) is 0 Å². The van der Waals surface area contributed by atoms with Crippen molar-refractivity contribution in [3.05, 3.63) is 0 Å². The summed E-state index contributed by atoms with van der Waals surface area (Å²) in [6.45, 7) is 2.25. The summed E-state index contributed by atoms with van der Waals surface area (Å²) < 4.78 is 0. The summed E-state index contributed by atoms with van der Waals surface area (Å²) in [6.07, 6.45) is 4.21. The van der Waals surface area contributed by atoms with E-state index in [0.29, 0.717) is 0 Å². The molecule has 0 saturated heterocycles. The molecule has 0 aliphatic rings. The first-order chi connectivity index (χ1) is 3.77. The van der Waals surface area contributed by atoms with Gasteiger partial charge in [0.05, 0.1) is 0 Å². The fourth-order valence-corrected chi connectivity index (χ4v) is 2.50. The van der Waals surface area contributed by atoms with Crippen LogP contribution in [0.5, 0.6) is 0 Å². The molecule has 2 heteroatoms. The highest BCUT2D eigenvalue weighted by atomic mass is 79.9. The normalized spacial score (nSPS) is 9.38. The molecule has 0 heterocycles. The number of unbranched alkanes of at least 4 members (excludes halogenated alkanes) is 2. The molecule has 0 N–H and O–H groups in total. The average molecular weight is 193 g/mol. The molecule has 0 rings (SSSR count). The quantitative estimate of drug-likeness (QED) is 0.475. The lowest BCUT2D eigenvalue weighted by Crippen LogP contribution is -1.92. The summed E-state index contributed by atoms with van der Waals surface area (Å²) in [4.78, 5) is 0. The van der Waals surface area contributed by atoms with Gasteiger partial charge in [0.2, 0.25) is 0 Å². The van der Waals surface area contributed by atoms with Crippen molar-refractivity contribution in [3.63, 3.8) is 0 Å². The van der Waals surface area contributed by atoms with E-state index >= 15 is 0 Å². The van der Waals surface area contributed by atoms with Gasteiger partial charge in [-0.05, 0) is 0 Å². The Bertz CT molecular complexity index is 45.8. The van der Waals surface area contributed by atoms with Gasteiger partial charge in [-0.2, -0.15) is 0 Å². The van der Waals surface area contributed by atoms with E-state index in [1.165, 1.54) is 24.5 Å². The van der Waals surface area contributed by atoms with Gasteiger partial charge in [-0.1, -0.05) is 37.3 Å². The summed E-state index contributed by atoms with van der Waals surface area (Å²) in [6, 6.07) is 0. The lowest BCUT2D eigenvalue weighted by molar-refractivity contribution is 0.768. The third-order valence-electron chi connectivity index (χ3n) is 1.21. The summed E-state index contributed by atoms with van der Waals surface area (Å²) in [5.74, 6) is 2.34. The molecule has 0 saturated carbocycles. The Morgan fingerprint density at radius 2 is 2.00 bits per heavy atom. The minimum atomic E-state index is -0.390. The van der Waals surface area contributed by atoms with Crippen LogP contribution in [-0.4, -0.2) is 12.3 Å². The Balaban J connectivity index is 2.72. The van der Waals surface area contributed by atoms with E-state index < -0.39 is 0 Å². The van der Waals surface area contributed by atoms with Crippen molar-refractivity contribution < 1.29 is 0 Å². The van der Waals surface area contributed by atoms with Gasteiger partial charge in [0, 0.05) is 0 Å². The molecule has 0 aromatic heterocycles. The van der Waals surface area contributed by atoms with Crippen LogP contribution in [0.25, 0.3) is 0 Å². The van der Waals surface area contributed by atoms with Gasteiger partial charge in [-0.15, -0.1) is 0 Å². The zero-order valence-electron chi connectivity index (χ0n) is 5.78. The average Bonchev–Trinajstić information content (AvgIpc) is 1.66. The molecule has 0 amide bonds. The predicted octanol–water partition coefficient (Wildman–Crippen LogP) is 3.19.